The van der Waals surface area contributed by atoms with Crippen LogP contribution in [0.4, 0.5) is 0 Å². The molecule has 2 heterocycles. The highest BCUT2D eigenvalue weighted by Crippen LogP contribution is 2.18. The lowest BCUT2D eigenvalue weighted by Gasteiger charge is -2.32. The number of rotatable bonds is 4. The van der Waals surface area contributed by atoms with Crippen molar-refractivity contribution in [1.29, 1.82) is 0 Å². The number of nitrogens with one attached hydrogen (secondary N) is 1. The average molecular weight is 286 g/mol. The summed E-state index contributed by atoms with van der Waals surface area (Å²) in [4.78, 5) is 13.9. The SMILES string of the molecule is CS(=O)(=O)NC[C@@H]1CCCN(C(=O)c2ccoc2)C1. The number of amides is 1. The van der Waals surface area contributed by atoms with E-state index in [1.807, 2.05) is 0 Å². The first-order valence-electron chi connectivity index (χ1n) is 6.22. The number of sulfonamides is 1. The maximum absolute atomic E-state index is 12.1. The summed E-state index contributed by atoms with van der Waals surface area (Å²) in [5.74, 6) is 0.108. The summed E-state index contributed by atoms with van der Waals surface area (Å²) >= 11 is 0. The monoisotopic (exact) mass is 286 g/mol. The maximum atomic E-state index is 12.1. The van der Waals surface area contributed by atoms with E-state index in [9.17, 15) is 13.2 Å². The lowest BCUT2D eigenvalue weighted by Crippen LogP contribution is -2.43. The Labute approximate surface area is 112 Å². The van der Waals surface area contributed by atoms with Crippen LogP contribution in [0, 0.1) is 5.92 Å². The molecule has 1 aliphatic rings. The first kappa shape index (κ1) is 14.1. The summed E-state index contributed by atoms with van der Waals surface area (Å²) in [7, 11) is -3.17. The number of hydrogen-bond acceptors (Lipinski definition) is 4. The molecule has 1 aromatic heterocycles. The van der Waals surface area contributed by atoms with Crippen LogP contribution in [0.3, 0.4) is 0 Å². The number of carbonyl (C=O) groups is 1. The fourth-order valence-corrected chi connectivity index (χ4v) is 2.79. The maximum Gasteiger partial charge on any atom is 0.257 e. The van der Waals surface area contributed by atoms with Gasteiger partial charge >= 0.3 is 0 Å². The summed E-state index contributed by atoms with van der Waals surface area (Å²) in [6.45, 7) is 1.67. The average Bonchev–Trinajstić information content (AvgIpc) is 2.89. The van der Waals surface area contributed by atoms with E-state index in [2.05, 4.69) is 4.72 Å². The second-order valence-corrected chi connectivity index (χ2v) is 6.73. The first-order chi connectivity index (χ1) is 8.96. The molecule has 1 amide bonds. The van der Waals surface area contributed by atoms with E-state index in [1.165, 1.54) is 12.5 Å². The third kappa shape index (κ3) is 4.07. The van der Waals surface area contributed by atoms with E-state index < -0.39 is 10.0 Å². The fourth-order valence-electron chi connectivity index (χ4n) is 2.25. The van der Waals surface area contributed by atoms with Gasteiger partial charge in [0.15, 0.2) is 0 Å². The smallest absolute Gasteiger partial charge is 0.257 e. The molecule has 0 aromatic carbocycles. The minimum atomic E-state index is -3.17. The Morgan fingerprint density at radius 1 is 1.58 bits per heavy atom. The number of hydrogen-bond donors (Lipinski definition) is 1. The van der Waals surface area contributed by atoms with Crippen molar-refractivity contribution in [1.82, 2.24) is 9.62 Å². The Balaban J connectivity index is 1.92. The molecule has 106 valence electrons. The summed E-state index contributed by atoms with van der Waals surface area (Å²) in [6, 6.07) is 1.64. The zero-order valence-corrected chi connectivity index (χ0v) is 11.6. The number of likely N-dealkylation sites (tertiary alicyclic amines) is 1. The Morgan fingerprint density at radius 3 is 3.00 bits per heavy atom. The van der Waals surface area contributed by atoms with Crippen LogP contribution in [-0.4, -0.2) is 45.1 Å². The van der Waals surface area contributed by atoms with Gasteiger partial charge in [0.2, 0.25) is 10.0 Å². The molecule has 0 spiro atoms. The molecule has 2 rings (SSSR count). The normalized spacial score (nSPS) is 20.5. The Kier molecular flexibility index (Phi) is 4.26. The molecule has 1 aromatic rings. The molecule has 0 aliphatic carbocycles. The second-order valence-electron chi connectivity index (χ2n) is 4.89. The standard InChI is InChI=1S/C12H18N2O4S/c1-19(16,17)13-7-10-3-2-5-14(8-10)12(15)11-4-6-18-9-11/h4,6,9-10,13H,2-3,5,7-8H2,1H3/t10-/m0/s1. The van der Waals surface area contributed by atoms with Crippen molar-refractivity contribution in [3.05, 3.63) is 24.2 Å². The summed E-state index contributed by atoms with van der Waals surface area (Å²) in [5, 5.41) is 0. The van der Waals surface area contributed by atoms with Crippen molar-refractivity contribution in [2.75, 3.05) is 25.9 Å². The molecule has 1 aliphatic heterocycles. The molecule has 0 bridgehead atoms. The van der Waals surface area contributed by atoms with Crippen LogP contribution in [0.2, 0.25) is 0 Å². The van der Waals surface area contributed by atoms with Crippen molar-refractivity contribution in [2.24, 2.45) is 5.92 Å². The topological polar surface area (TPSA) is 79.6 Å². The third-order valence-electron chi connectivity index (χ3n) is 3.21. The molecule has 6 nitrogen and oxygen atoms in total. The van der Waals surface area contributed by atoms with Gasteiger partial charge in [-0.15, -0.1) is 0 Å². The van der Waals surface area contributed by atoms with Crippen molar-refractivity contribution in [2.45, 2.75) is 12.8 Å². The quantitative estimate of drug-likeness (QED) is 0.882. The van der Waals surface area contributed by atoms with Gasteiger partial charge in [0, 0.05) is 19.6 Å². The highest BCUT2D eigenvalue weighted by atomic mass is 32.2. The van der Waals surface area contributed by atoms with Crippen LogP contribution in [0.25, 0.3) is 0 Å². The first-order valence-corrected chi connectivity index (χ1v) is 8.11. The molecule has 0 unspecified atom stereocenters. The predicted molar refractivity (Wildman–Crippen MR) is 70.2 cm³/mol. The van der Waals surface area contributed by atoms with Gasteiger partial charge in [-0.1, -0.05) is 0 Å². The van der Waals surface area contributed by atoms with Crippen LogP contribution in [0.15, 0.2) is 23.0 Å². The summed E-state index contributed by atoms with van der Waals surface area (Å²) in [6.07, 6.45) is 5.86. The molecule has 7 heteroatoms. The van der Waals surface area contributed by atoms with Gasteiger partial charge in [-0.2, -0.15) is 0 Å². The van der Waals surface area contributed by atoms with Crippen molar-refractivity contribution in [3.63, 3.8) is 0 Å². The van der Waals surface area contributed by atoms with Crippen LogP contribution >= 0.6 is 0 Å². The van der Waals surface area contributed by atoms with Crippen LogP contribution in [0.5, 0.6) is 0 Å². The lowest BCUT2D eigenvalue weighted by molar-refractivity contribution is 0.0675. The number of furan rings is 1. The van der Waals surface area contributed by atoms with E-state index >= 15 is 0 Å². The number of piperidine rings is 1. The molecule has 0 saturated carbocycles. The predicted octanol–water partition coefficient (Wildman–Crippen LogP) is 0.681. The van der Waals surface area contributed by atoms with Gasteiger partial charge < -0.3 is 9.32 Å². The van der Waals surface area contributed by atoms with Gasteiger partial charge in [-0.05, 0) is 24.8 Å². The Bertz CT molecular complexity index is 524. The van der Waals surface area contributed by atoms with Gasteiger partial charge in [0.05, 0.1) is 18.1 Å². The zero-order chi connectivity index (χ0) is 13.9. The van der Waals surface area contributed by atoms with Gasteiger partial charge in [-0.3, -0.25) is 4.79 Å². The Hall–Kier alpha value is -1.34. The van der Waals surface area contributed by atoms with Gasteiger partial charge in [0.25, 0.3) is 5.91 Å². The molecule has 1 N–H and O–H groups in total. The van der Waals surface area contributed by atoms with E-state index in [-0.39, 0.29) is 11.8 Å². The van der Waals surface area contributed by atoms with Crippen LogP contribution in [0.1, 0.15) is 23.2 Å². The minimum Gasteiger partial charge on any atom is -0.472 e. The van der Waals surface area contributed by atoms with Crippen molar-refractivity contribution >= 4 is 15.9 Å². The van der Waals surface area contributed by atoms with E-state index in [0.29, 0.717) is 25.2 Å². The van der Waals surface area contributed by atoms with Crippen molar-refractivity contribution < 1.29 is 17.6 Å². The lowest BCUT2D eigenvalue weighted by atomic mass is 9.98. The molecule has 1 atom stereocenters. The largest absolute Gasteiger partial charge is 0.472 e. The van der Waals surface area contributed by atoms with Crippen molar-refractivity contribution in [3.8, 4) is 0 Å². The minimum absolute atomic E-state index is 0.0576. The summed E-state index contributed by atoms with van der Waals surface area (Å²) in [5.41, 5.74) is 0.539. The third-order valence-corrected chi connectivity index (χ3v) is 3.90. The van der Waals surface area contributed by atoms with Crippen LogP contribution in [-0.2, 0) is 10.0 Å². The second kappa shape index (κ2) is 5.75. The fraction of sp³-hybridized carbons (Fsp3) is 0.583. The number of nitrogens with zero attached hydrogens (tertiary/aromatic N) is 1. The number of carbonyl (C=O) groups excluding carboxylic acids is 1. The van der Waals surface area contributed by atoms with Gasteiger partial charge in [0.1, 0.15) is 6.26 Å². The molecular formula is C12H18N2O4S. The highest BCUT2D eigenvalue weighted by molar-refractivity contribution is 7.88. The molecule has 1 saturated heterocycles. The van der Waals surface area contributed by atoms with Crippen LogP contribution < -0.4 is 4.72 Å². The molecule has 0 radical (unpaired) electrons. The zero-order valence-electron chi connectivity index (χ0n) is 10.8. The molecule has 19 heavy (non-hydrogen) atoms. The van der Waals surface area contributed by atoms with E-state index in [0.717, 1.165) is 19.1 Å². The van der Waals surface area contributed by atoms with E-state index in [4.69, 9.17) is 4.42 Å². The Morgan fingerprint density at radius 2 is 2.37 bits per heavy atom. The van der Waals surface area contributed by atoms with Gasteiger partial charge in [-0.25, -0.2) is 13.1 Å². The molecule has 1 fully saturated rings. The molecular weight excluding hydrogens is 268 g/mol. The highest BCUT2D eigenvalue weighted by Gasteiger charge is 2.25. The van der Waals surface area contributed by atoms with E-state index in [1.54, 1.807) is 11.0 Å². The summed E-state index contributed by atoms with van der Waals surface area (Å²) < 4.78 is 29.6.